The van der Waals surface area contributed by atoms with Gasteiger partial charge in [0.25, 0.3) is 12.9 Å². The number of pyridine rings is 1. The Bertz CT molecular complexity index is 2770. The number of sulfone groups is 1. The van der Waals surface area contributed by atoms with Gasteiger partial charge in [-0.15, -0.1) is 0 Å². The summed E-state index contributed by atoms with van der Waals surface area (Å²) in [5.41, 5.74) is -1.36. The number of nitrogens with zero attached hydrogens (tertiary/aromatic N) is 5. The molecular formula is C37H33BrClF6N7O5S2. The first-order chi connectivity index (χ1) is 27.5. The number of benzene rings is 2. The second-order valence-electron chi connectivity index (χ2n) is 14.2. The molecule has 0 spiro atoms. The van der Waals surface area contributed by atoms with Gasteiger partial charge in [-0.2, -0.15) is 10.2 Å². The van der Waals surface area contributed by atoms with E-state index < -0.39 is 95.1 Å². The predicted molar refractivity (Wildman–Crippen MR) is 211 cm³/mol. The van der Waals surface area contributed by atoms with Crippen molar-refractivity contribution in [3.05, 3.63) is 91.9 Å². The van der Waals surface area contributed by atoms with E-state index in [2.05, 4.69) is 48.0 Å². The molecule has 59 heavy (non-hydrogen) atoms. The lowest BCUT2D eigenvalue weighted by Crippen LogP contribution is -2.34. The van der Waals surface area contributed by atoms with Crippen LogP contribution in [0.1, 0.15) is 73.9 Å². The van der Waals surface area contributed by atoms with Crippen molar-refractivity contribution in [2.45, 2.75) is 68.5 Å². The molecule has 22 heteroatoms. The van der Waals surface area contributed by atoms with E-state index in [1.165, 1.54) is 49.8 Å². The minimum Gasteiger partial charge on any atom is -0.346 e. The standard InChI is InChI=1S/C37H33BrClF6N7O5S2/c1-37(2,59(56,57)22-6-7-22)12-11-21-5-8-23(24-9-10-25(39)28-32(24)51(3)49-36(28)50-58(4,54)55)30(46-21)26(15-18-13-19(40)16-20(41)14-18)47-27(53)17-52-33(35(44)45)29(38)31(48-52)34(42)43/h5,8-10,13-14,16,22,26,34-35H,6-7,15,17H2,1-4H3,(H,47,53)(H,49,50)/t26-/m0/s1. The van der Waals surface area contributed by atoms with Gasteiger partial charge < -0.3 is 5.32 Å². The highest BCUT2D eigenvalue weighted by molar-refractivity contribution is 9.10. The van der Waals surface area contributed by atoms with Gasteiger partial charge in [0.2, 0.25) is 15.9 Å². The van der Waals surface area contributed by atoms with E-state index in [0.29, 0.717) is 29.2 Å². The molecule has 1 fully saturated rings. The quantitative estimate of drug-likeness (QED) is 0.0904. The number of halogens is 8. The van der Waals surface area contributed by atoms with Crippen molar-refractivity contribution in [3.63, 3.8) is 0 Å². The summed E-state index contributed by atoms with van der Waals surface area (Å²) in [6.45, 7) is 1.87. The van der Waals surface area contributed by atoms with E-state index in [9.17, 15) is 48.0 Å². The number of sulfonamides is 1. The second-order valence-corrected chi connectivity index (χ2v) is 20.0. The molecule has 12 nitrogen and oxygen atoms in total. The third kappa shape index (κ3) is 9.40. The van der Waals surface area contributed by atoms with E-state index in [0.717, 1.165) is 18.4 Å². The lowest BCUT2D eigenvalue weighted by molar-refractivity contribution is -0.122. The molecule has 1 atom stereocenters. The van der Waals surface area contributed by atoms with Crippen molar-refractivity contribution < 1.29 is 48.0 Å². The molecule has 0 saturated heterocycles. The zero-order valence-electron chi connectivity index (χ0n) is 31.3. The average molecular weight is 949 g/mol. The van der Waals surface area contributed by atoms with Gasteiger partial charge in [0.1, 0.15) is 40.0 Å². The molecule has 1 amide bonds. The Kier molecular flexibility index (Phi) is 12.2. The van der Waals surface area contributed by atoms with Crippen LogP contribution in [0.2, 0.25) is 5.02 Å². The van der Waals surface area contributed by atoms with Gasteiger partial charge in [-0.05, 0) is 90.9 Å². The van der Waals surface area contributed by atoms with Crippen molar-refractivity contribution >= 4 is 70.0 Å². The predicted octanol–water partition coefficient (Wildman–Crippen LogP) is 7.58. The molecule has 1 aliphatic rings. The fourth-order valence-corrected chi connectivity index (χ4v) is 9.61. The molecule has 0 aliphatic heterocycles. The Morgan fingerprint density at radius 3 is 2.22 bits per heavy atom. The first kappa shape index (κ1) is 43.9. The number of aryl methyl sites for hydroxylation is 1. The minimum absolute atomic E-state index is 0.00906. The first-order valence-electron chi connectivity index (χ1n) is 17.4. The second kappa shape index (κ2) is 16.4. The van der Waals surface area contributed by atoms with Crippen molar-refractivity contribution in [2.24, 2.45) is 7.05 Å². The highest BCUT2D eigenvalue weighted by atomic mass is 79.9. The van der Waals surface area contributed by atoms with Crippen LogP contribution in [0, 0.1) is 23.5 Å². The topological polar surface area (TPSA) is 158 Å². The highest BCUT2D eigenvalue weighted by Crippen LogP contribution is 2.41. The van der Waals surface area contributed by atoms with Gasteiger partial charge in [-0.3, -0.25) is 18.9 Å². The molecule has 1 saturated carbocycles. The Morgan fingerprint density at radius 2 is 1.63 bits per heavy atom. The number of carbonyl (C=O) groups is 1. The van der Waals surface area contributed by atoms with Crippen molar-refractivity contribution in [1.82, 2.24) is 29.9 Å². The highest BCUT2D eigenvalue weighted by Gasteiger charge is 2.45. The summed E-state index contributed by atoms with van der Waals surface area (Å²) >= 11 is 9.30. The summed E-state index contributed by atoms with van der Waals surface area (Å²) in [6, 6.07) is 7.11. The third-order valence-electron chi connectivity index (χ3n) is 9.29. The van der Waals surface area contributed by atoms with Gasteiger partial charge >= 0.3 is 0 Å². The molecule has 6 rings (SSSR count). The number of aromatic nitrogens is 5. The molecule has 5 aromatic rings. The number of alkyl halides is 4. The Hall–Kier alpha value is -4.65. The van der Waals surface area contributed by atoms with Gasteiger partial charge in [0, 0.05) is 24.2 Å². The largest absolute Gasteiger partial charge is 0.346 e. The molecule has 3 aromatic heterocycles. The lowest BCUT2D eigenvalue weighted by atomic mass is 9.93. The normalized spacial score (nSPS) is 14.1. The maximum Gasteiger partial charge on any atom is 0.283 e. The summed E-state index contributed by atoms with van der Waals surface area (Å²) in [5, 5.41) is 10.1. The Morgan fingerprint density at radius 1 is 0.983 bits per heavy atom. The summed E-state index contributed by atoms with van der Waals surface area (Å²) in [5.74, 6) is 2.42. The minimum atomic E-state index is -3.87. The van der Waals surface area contributed by atoms with E-state index in [-0.39, 0.29) is 44.3 Å². The van der Waals surface area contributed by atoms with Crippen LogP contribution in [-0.2, 0) is 44.7 Å². The van der Waals surface area contributed by atoms with Gasteiger partial charge in [0.15, 0.2) is 15.7 Å². The number of nitrogens with one attached hydrogen (secondary N) is 2. The number of anilines is 1. The SMILES string of the molecule is Cn1nc(NS(C)(=O)=O)c2c(Cl)ccc(-c3ccc(C#CC(C)(C)S(=O)(=O)C4CC4)nc3[C@H](Cc3cc(F)cc(F)c3)NC(=O)Cn3nc(C(F)F)c(Br)c3C(F)F)c21. The van der Waals surface area contributed by atoms with Crippen LogP contribution >= 0.6 is 27.5 Å². The molecule has 314 valence electrons. The molecule has 0 unspecified atom stereocenters. The number of carbonyl (C=O) groups excluding carboxylic acids is 1. The van der Waals surface area contributed by atoms with Crippen LogP contribution in [0.5, 0.6) is 0 Å². The van der Waals surface area contributed by atoms with Crippen LogP contribution in [0.4, 0.5) is 32.2 Å². The van der Waals surface area contributed by atoms with Crippen molar-refractivity contribution in [1.29, 1.82) is 0 Å². The van der Waals surface area contributed by atoms with E-state index >= 15 is 0 Å². The number of amides is 1. The van der Waals surface area contributed by atoms with Gasteiger partial charge in [0.05, 0.1) is 43.6 Å². The summed E-state index contributed by atoms with van der Waals surface area (Å²) < 4.78 is 137. The van der Waals surface area contributed by atoms with Crippen molar-refractivity contribution in [3.8, 4) is 23.0 Å². The summed E-state index contributed by atoms with van der Waals surface area (Å²) in [7, 11) is -6.05. The molecule has 3 heterocycles. The lowest BCUT2D eigenvalue weighted by Gasteiger charge is -2.23. The van der Waals surface area contributed by atoms with E-state index in [1.54, 1.807) is 0 Å². The number of rotatable bonds is 13. The van der Waals surface area contributed by atoms with Crippen LogP contribution in [0.3, 0.4) is 0 Å². The molecule has 2 N–H and O–H groups in total. The fourth-order valence-electron chi connectivity index (χ4n) is 6.46. The van der Waals surface area contributed by atoms with Crippen LogP contribution in [0.15, 0.2) is 46.9 Å². The smallest absolute Gasteiger partial charge is 0.283 e. The van der Waals surface area contributed by atoms with Gasteiger partial charge in [-0.1, -0.05) is 23.6 Å². The van der Waals surface area contributed by atoms with Crippen LogP contribution < -0.4 is 10.0 Å². The number of fused-ring (bicyclic) bond motifs is 1. The molecule has 0 bridgehead atoms. The fraction of sp³-hybridized carbons (Fsp3) is 0.351. The third-order valence-corrected chi connectivity index (χ3v) is 13.9. The van der Waals surface area contributed by atoms with E-state index in [1.807, 2.05) is 0 Å². The van der Waals surface area contributed by atoms with E-state index in [4.69, 9.17) is 16.6 Å². The molecular weight excluding hydrogens is 916 g/mol. The molecule has 1 aliphatic carbocycles. The molecule has 2 aromatic carbocycles. The van der Waals surface area contributed by atoms with Gasteiger partial charge in [-0.25, -0.2) is 48.2 Å². The number of hydrogen-bond acceptors (Lipinski definition) is 8. The van der Waals surface area contributed by atoms with Crippen LogP contribution in [-0.4, -0.2) is 63.5 Å². The average Bonchev–Trinajstić information content (AvgIpc) is 3.86. The monoisotopic (exact) mass is 947 g/mol. The maximum atomic E-state index is 14.6. The summed E-state index contributed by atoms with van der Waals surface area (Å²) in [6.07, 6.45) is -5.13. The zero-order valence-corrected chi connectivity index (χ0v) is 35.3. The van der Waals surface area contributed by atoms with Crippen molar-refractivity contribution in [2.75, 3.05) is 11.0 Å². The van der Waals surface area contributed by atoms with Crippen LogP contribution in [0.25, 0.3) is 22.0 Å². The maximum absolute atomic E-state index is 14.6. The Labute approximate surface area is 347 Å². The first-order valence-corrected chi connectivity index (χ1v) is 22.1. The number of hydrogen-bond donors (Lipinski definition) is 2. The zero-order chi connectivity index (χ0) is 43.4. The Balaban J connectivity index is 1.56. The summed E-state index contributed by atoms with van der Waals surface area (Å²) in [4.78, 5) is 18.5. The molecule has 0 radical (unpaired) electrons.